The average molecular weight is 295 g/mol. The van der Waals surface area contributed by atoms with Crippen LogP contribution in [-0.4, -0.2) is 36.7 Å². The Balaban J connectivity index is 1.86. The lowest BCUT2D eigenvalue weighted by Gasteiger charge is -2.37. The van der Waals surface area contributed by atoms with Crippen LogP contribution < -0.4 is 10.5 Å². The topological polar surface area (TPSA) is 38.5 Å². The number of halogens is 1. The smallest absolute Gasteiger partial charge is 0.124 e. The van der Waals surface area contributed by atoms with E-state index in [1.807, 2.05) is 0 Å². The average Bonchev–Trinajstić information content (AvgIpc) is 2.79. The van der Waals surface area contributed by atoms with Gasteiger partial charge in [-0.3, -0.25) is 4.90 Å². The van der Waals surface area contributed by atoms with Crippen LogP contribution >= 0.6 is 11.6 Å². The maximum absolute atomic E-state index is 6.43. The number of nitrogens with two attached hydrogens (primary N) is 1. The Bertz CT molecular complexity index is 532. The minimum absolute atomic E-state index is 0.00508. The largest absolute Gasteiger partial charge is 0.486 e. The van der Waals surface area contributed by atoms with Crippen molar-refractivity contribution >= 4 is 11.6 Å². The molecule has 1 fully saturated rings. The quantitative estimate of drug-likeness (QED) is 0.911. The Labute approximate surface area is 126 Å². The van der Waals surface area contributed by atoms with Crippen LogP contribution in [0.15, 0.2) is 6.07 Å². The van der Waals surface area contributed by atoms with E-state index in [1.165, 1.54) is 11.1 Å². The van der Waals surface area contributed by atoms with Crippen molar-refractivity contribution in [2.24, 2.45) is 5.73 Å². The van der Waals surface area contributed by atoms with E-state index < -0.39 is 0 Å². The maximum Gasteiger partial charge on any atom is 0.124 e. The van der Waals surface area contributed by atoms with Crippen molar-refractivity contribution in [1.82, 2.24) is 4.90 Å². The third-order valence-electron chi connectivity index (χ3n) is 4.77. The minimum atomic E-state index is -0.00508. The fourth-order valence-electron chi connectivity index (χ4n) is 3.59. The molecule has 4 heteroatoms. The molecule has 2 N–H and O–H groups in total. The summed E-state index contributed by atoms with van der Waals surface area (Å²) in [6.07, 6.45) is 3.26. The van der Waals surface area contributed by atoms with Gasteiger partial charge in [0.2, 0.25) is 0 Å². The lowest BCUT2D eigenvalue weighted by atomic mass is 9.88. The summed E-state index contributed by atoms with van der Waals surface area (Å²) < 4.78 is 6.43. The number of hydrogen-bond donors (Lipinski definition) is 1. The SMILES string of the molecule is Cc1cc2c(c(C)c1Cl)CCC1(CCN(CCN)C1)O2. The van der Waals surface area contributed by atoms with Crippen LogP contribution in [0, 0.1) is 13.8 Å². The Kier molecular flexibility index (Phi) is 3.69. The Morgan fingerprint density at radius 3 is 2.95 bits per heavy atom. The summed E-state index contributed by atoms with van der Waals surface area (Å²) in [6.45, 7) is 7.94. The number of fused-ring (bicyclic) bond motifs is 1. The van der Waals surface area contributed by atoms with E-state index in [4.69, 9.17) is 22.1 Å². The molecule has 1 spiro atoms. The Hall–Kier alpha value is -0.770. The number of hydrogen-bond acceptors (Lipinski definition) is 3. The molecule has 1 aromatic carbocycles. The summed E-state index contributed by atoms with van der Waals surface area (Å²) in [5.41, 5.74) is 9.25. The van der Waals surface area contributed by atoms with Gasteiger partial charge >= 0.3 is 0 Å². The van der Waals surface area contributed by atoms with Crippen LogP contribution in [0.3, 0.4) is 0 Å². The van der Waals surface area contributed by atoms with Gasteiger partial charge in [-0.25, -0.2) is 0 Å². The minimum Gasteiger partial charge on any atom is -0.486 e. The predicted molar refractivity (Wildman–Crippen MR) is 82.7 cm³/mol. The summed E-state index contributed by atoms with van der Waals surface area (Å²) in [5.74, 6) is 1.05. The monoisotopic (exact) mass is 294 g/mol. The highest BCUT2D eigenvalue weighted by molar-refractivity contribution is 6.32. The Morgan fingerprint density at radius 1 is 1.40 bits per heavy atom. The molecule has 0 radical (unpaired) electrons. The normalized spacial score (nSPS) is 25.8. The van der Waals surface area contributed by atoms with Gasteiger partial charge in [-0.1, -0.05) is 11.6 Å². The zero-order valence-electron chi connectivity index (χ0n) is 12.3. The van der Waals surface area contributed by atoms with Crippen LogP contribution in [0.2, 0.25) is 5.02 Å². The number of benzene rings is 1. The summed E-state index contributed by atoms with van der Waals surface area (Å²) in [5, 5.41) is 0.888. The fourth-order valence-corrected chi connectivity index (χ4v) is 3.76. The fraction of sp³-hybridized carbons (Fsp3) is 0.625. The lowest BCUT2D eigenvalue weighted by Crippen LogP contribution is -2.43. The van der Waals surface area contributed by atoms with E-state index in [2.05, 4.69) is 24.8 Å². The molecule has 0 amide bonds. The predicted octanol–water partition coefficient (Wildman–Crippen LogP) is 2.69. The molecule has 2 heterocycles. The maximum atomic E-state index is 6.43. The van der Waals surface area contributed by atoms with E-state index in [-0.39, 0.29) is 5.60 Å². The molecule has 0 bridgehead atoms. The van der Waals surface area contributed by atoms with Gasteiger partial charge in [-0.05, 0) is 49.4 Å². The van der Waals surface area contributed by atoms with Crippen LogP contribution in [0.1, 0.15) is 29.5 Å². The van der Waals surface area contributed by atoms with Gasteiger partial charge in [0.25, 0.3) is 0 Å². The zero-order chi connectivity index (χ0) is 14.3. The van der Waals surface area contributed by atoms with E-state index in [0.717, 1.165) is 61.8 Å². The summed E-state index contributed by atoms with van der Waals surface area (Å²) in [4.78, 5) is 2.42. The zero-order valence-corrected chi connectivity index (χ0v) is 13.1. The van der Waals surface area contributed by atoms with Crippen LogP contribution in [0.25, 0.3) is 0 Å². The van der Waals surface area contributed by atoms with Gasteiger partial charge in [-0.15, -0.1) is 0 Å². The third-order valence-corrected chi connectivity index (χ3v) is 5.35. The molecule has 1 atom stereocenters. The second-order valence-corrected chi connectivity index (χ2v) is 6.59. The van der Waals surface area contributed by atoms with Gasteiger partial charge in [0.05, 0.1) is 0 Å². The highest BCUT2D eigenvalue weighted by Gasteiger charge is 2.42. The molecule has 0 saturated carbocycles. The standard InChI is InChI=1S/C16H23ClN2O/c1-11-9-14-13(12(2)15(11)17)3-4-16(20-14)5-7-19(10-16)8-6-18/h9H,3-8,10,18H2,1-2H3. The number of ether oxygens (including phenoxy) is 1. The van der Waals surface area contributed by atoms with Crippen molar-refractivity contribution in [3.05, 3.63) is 27.8 Å². The molecule has 3 nitrogen and oxygen atoms in total. The van der Waals surface area contributed by atoms with Crippen molar-refractivity contribution in [3.63, 3.8) is 0 Å². The van der Waals surface area contributed by atoms with Crippen molar-refractivity contribution in [2.45, 2.75) is 38.7 Å². The molecular formula is C16H23ClN2O. The van der Waals surface area contributed by atoms with Crippen molar-refractivity contribution in [3.8, 4) is 5.75 Å². The molecule has 1 aromatic rings. The summed E-state index contributed by atoms with van der Waals surface area (Å²) >= 11 is 6.35. The van der Waals surface area contributed by atoms with Gasteiger partial charge in [-0.2, -0.15) is 0 Å². The number of rotatable bonds is 2. The first-order valence-electron chi connectivity index (χ1n) is 7.45. The molecule has 0 aromatic heterocycles. The van der Waals surface area contributed by atoms with Crippen molar-refractivity contribution < 1.29 is 4.74 Å². The van der Waals surface area contributed by atoms with E-state index in [0.29, 0.717) is 0 Å². The molecule has 110 valence electrons. The number of nitrogens with zero attached hydrogens (tertiary/aromatic N) is 1. The van der Waals surface area contributed by atoms with Gasteiger partial charge < -0.3 is 10.5 Å². The van der Waals surface area contributed by atoms with Crippen LogP contribution in [0.5, 0.6) is 5.75 Å². The van der Waals surface area contributed by atoms with Gasteiger partial charge in [0.15, 0.2) is 0 Å². The Morgan fingerprint density at radius 2 is 2.20 bits per heavy atom. The van der Waals surface area contributed by atoms with Gasteiger partial charge in [0.1, 0.15) is 11.4 Å². The van der Waals surface area contributed by atoms with E-state index >= 15 is 0 Å². The second-order valence-electron chi connectivity index (χ2n) is 6.21. The van der Waals surface area contributed by atoms with Crippen molar-refractivity contribution in [1.29, 1.82) is 0 Å². The van der Waals surface area contributed by atoms with Crippen LogP contribution in [-0.2, 0) is 6.42 Å². The molecule has 20 heavy (non-hydrogen) atoms. The van der Waals surface area contributed by atoms with Gasteiger partial charge in [0, 0.05) is 37.6 Å². The number of likely N-dealkylation sites (tertiary alicyclic amines) is 1. The second kappa shape index (κ2) is 5.21. The molecular weight excluding hydrogens is 272 g/mol. The van der Waals surface area contributed by atoms with Crippen molar-refractivity contribution in [2.75, 3.05) is 26.2 Å². The first-order chi connectivity index (χ1) is 9.54. The molecule has 1 saturated heterocycles. The lowest BCUT2D eigenvalue weighted by molar-refractivity contribution is 0.0546. The highest BCUT2D eigenvalue weighted by Crippen LogP contribution is 2.42. The van der Waals surface area contributed by atoms with E-state index in [9.17, 15) is 0 Å². The highest BCUT2D eigenvalue weighted by atomic mass is 35.5. The molecule has 0 aliphatic carbocycles. The number of aryl methyl sites for hydroxylation is 1. The van der Waals surface area contributed by atoms with E-state index in [1.54, 1.807) is 0 Å². The summed E-state index contributed by atoms with van der Waals surface area (Å²) in [7, 11) is 0. The molecule has 2 aliphatic heterocycles. The molecule has 3 rings (SSSR count). The summed E-state index contributed by atoms with van der Waals surface area (Å²) in [6, 6.07) is 2.11. The van der Waals surface area contributed by atoms with Crippen LogP contribution in [0.4, 0.5) is 0 Å². The first-order valence-corrected chi connectivity index (χ1v) is 7.82. The molecule has 2 aliphatic rings. The molecule has 1 unspecified atom stereocenters. The first kappa shape index (κ1) is 14.2. The third kappa shape index (κ3) is 2.32.